The first-order chi connectivity index (χ1) is 20.3. The fraction of sp³-hybridized carbons (Fsp3) is 0.432. The molecule has 5 nitrogen and oxygen atoms in total. The number of aliphatic imine (C=N–C) groups is 1. The van der Waals surface area contributed by atoms with Crippen LogP contribution in [0.15, 0.2) is 88.2 Å². The van der Waals surface area contributed by atoms with Crippen molar-refractivity contribution in [2.75, 3.05) is 7.05 Å². The van der Waals surface area contributed by atoms with Gasteiger partial charge in [-0.2, -0.15) is 5.26 Å². The topological polar surface area (TPSA) is 65.7 Å². The number of unbranched alkanes of at least 4 members (excludes halogenated alkanes) is 1. The number of ether oxygens (including phenoxy) is 1. The van der Waals surface area contributed by atoms with Gasteiger partial charge in [-0.05, 0) is 79.9 Å². The number of carbonyl (C=O) groups is 1. The standard InChI is InChI=1S/C37H45N3O2/c1-6-8-17-35(39-5)40(26-27-18-20-29(21-19-27)32-15-10-9-13-31(32)25-38)36(41)33(12-7-2)28-14-11-16-34-30(23-22-28)24-37(3,4)42-34/h9-10,12-13,15,18-22H,6-8,11,14,16-17,23-24,26H2,1-5H3/b28-22+,33-12+,39-35?. The summed E-state index contributed by atoms with van der Waals surface area (Å²) in [5, 5.41) is 9.55. The molecule has 1 aliphatic heterocycles. The highest BCUT2D eigenvalue weighted by Crippen LogP contribution is 2.40. The minimum atomic E-state index is -0.143. The number of rotatable bonds is 9. The monoisotopic (exact) mass is 563 g/mol. The number of amidine groups is 1. The van der Waals surface area contributed by atoms with E-state index >= 15 is 0 Å². The zero-order valence-electron chi connectivity index (χ0n) is 26.0. The minimum Gasteiger partial charge on any atom is -0.492 e. The number of allylic oxidation sites excluding steroid dienone is 3. The van der Waals surface area contributed by atoms with Crippen molar-refractivity contribution in [1.29, 1.82) is 5.26 Å². The molecule has 2 aromatic carbocycles. The van der Waals surface area contributed by atoms with E-state index < -0.39 is 0 Å². The fourth-order valence-corrected chi connectivity index (χ4v) is 5.99. The molecular formula is C37H45N3O2. The van der Waals surface area contributed by atoms with E-state index in [-0.39, 0.29) is 11.5 Å². The maximum Gasteiger partial charge on any atom is 0.259 e. The lowest BCUT2D eigenvalue weighted by molar-refractivity contribution is -0.123. The number of hydrogen-bond acceptors (Lipinski definition) is 4. The molecule has 5 heteroatoms. The SMILES string of the molecule is CC/C=C(C(=O)N(Cc1ccc(-c2ccccc2C#N)cc1)C(CCCC)=NC)\C1=C\CC2=C(CCC1)OC(C)(C)C2. The number of benzene rings is 2. The Morgan fingerprint density at radius 2 is 1.88 bits per heavy atom. The number of nitrogens with zero attached hydrogens (tertiary/aromatic N) is 3. The van der Waals surface area contributed by atoms with E-state index in [4.69, 9.17) is 4.74 Å². The van der Waals surface area contributed by atoms with Crippen LogP contribution in [-0.4, -0.2) is 29.3 Å². The molecular weight excluding hydrogens is 518 g/mol. The summed E-state index contributed by atoms with van der Waals surface area (Å²) in [6, 6.07) is 18.1. The molecule has 0 aromatic heterocycles. The van der Waals surface area contributed by atoms with E-state index in [9.17, 15) is 10.1 Å². The highest BCUT2D eigenvalue weighted by atomic mass is 16.5. The molecule has 0 saturated heterocycles. The second-order valence-electron chi connectivity index (χ2n) is 11.9. The summed E-state index contributed by atoms with van der Waals surface area (Å²) in [4.78, 5) is 21.0. The Labute approximate surface area is 252 Å². The Kier molecular flexibility index (Phi) is 10.6. The zero-order chi connectivity index (χ0) is 30.1. The average Bonchev–Trinajstić information content (AvgIpc) is 3.28. The Morgan fingerprint density at radius 1 is 1.12 bits per heavy atom. The highest BCUT2D eigenvalue weighted by Gasteiger charge is 2.33. The molecule has 0 N–H and O–H groups in total. The van der Waals surface area contributed by atoms with Crippen LogP contribution in [0.3, 0.4) is 0 Å². The van der Waals surface area contributed by atoms with Crippen molar-refractivity contribution in [2.45, 2.75) is 97.6 Å². The first kappa shape index (κ1) is 31.0. The Morgan fingerprint density at radius 3 is 2.57 bits per heavy atom. The third-order valence-corrected chi connectivity index (χ3v) is 8.08. The third-order valence-electron chi connectivity index (χ3n) is 8.08. The summed E-state index contributed by atoms with van der Waals surface area (Å²) in [5.41, 5.74) is 6.75. The predicted molar refractivity (Wildman–Crippen MR) is 172 cm³/mol. The van der Waals surface area contributed by atoms with Crippen LogP contribution in [0.25, 0.3) is 11.1 Å². The van der Waals surface area contributed by atoms with E-state index in [0.29, 0.717) is 12.1 Å². The Hall–Kier alpha value is -3.91. The largest absolute Gasteiger partial charge is 0.492 e. The van der Waals surface area contributed by atoms with Crippen molar-refractivity contribution >= 4 is 11.7 Å². The average molecular weight is 564 g/mol. The number of carbonyl (C=O) groups excluding carboxylic acids is 1. The van der Waals surface area contributed by atoms with Crippen molar-refractivity contribution in [3.63, 3.8) is 0 Å². The summed E-state index contributed by atoms with van der Waals surface area (Å²) < 4.78 is 6.25. The zero-order valence-corrected chi connectivity index (χ0v) is 26.0. The summed E-state index contributed by atoms with van der Waals surface area (Å²) in [5.74, 6) is 2.01. The lowest BCUT2D eigenvalue weighted by atomic mass is 9.90. The molecule has 1 aliphatic carbocycles. The highest BCUT2D eigenvalue weighted by molar-refractivity contribution is 6.08. The Bertz CT molecular complexity index is 1430. The molecule has 0 bridgehead atoms. The number of hydrogen-bond donors (Lipinski definition) is 0. The predicted octanol–water partition coefficient (Wildman–Crippen LogP) is 9.06. The molecule has 0 atom stereocenters. The first-order valence-electron chi connectivity index (χ1n) is 15.5. The molecule has 2 aliphatic rings. The van der Waals surface area contributed by atoms with Crippen LogP contribution in [-0.2, 0) is 16.1 Å². The maximum atomic E-state index is 14.5. The molecule has 1 heterocycles. The van der Waals surface area contributed by atoms with Gasteiger partial charge in [-0.3, -0.25) is 14.7 Å². The molecule has 2 aromatic rings. The normalized spacial score (nSPS) is 18.2. The van der Waals surface area contributed by atoms with Crippen LogP contribution >= 0.6 is 0 Å². The van der Waals surface area contributed by atoms with Crippen LogP contribution in [0.2, 0.25) is 0 Å². The first-order valence-corrected chi connectivity index (χ1v) is 15.5. The van der Waals surface area contributed by atoms with E-state index in [0.717, 1.165) is 97.2 Å². The third kappa shape index (κ3) is 7.48. The van der Waals surface area contributed by atoms with Crippen LogP contribution in [0, 0.1) is 11.3 Å². The smallest absolute Gasteiger partial charge is 0.259 e. The molecule has 42 heavy (non-hydrogen) atoms. The second kappa shape index (κ2) is 14.3. The van der Waals surface area contributed by atoms with Gasteiger partial charge in [0, 0.05) is 31.9 Å². The van der Waals surface area contributed by atoms with Gasteiger partial charge in [-0.25, -0.2) is 0 Å². The van der Waals surface area contributed by atoms with Crippen LogP contribution in [0.4, 0.5) is 0 Å². The molecule has 0 fully saturated rings. The lowest BCUT2D eigenvalue weighted by Gasteiger charge is -2.27. The van der Waals surface area contributed by atoms with Crippen molar-refractivity contribution in [3.8, 4) is 17.2 Å². The van der Waals surface area contributed by atoms with E-state index in [1.165, 1.54) is 5.57 Å². The Balaban J connectivity index is 1.63. The van der Waals surface area contributed by atoms with Gasteiger partial charge in [0.2, 0.25) is 0 Å². The minimum absolute atomic E-state index is 0.0245. The summed E-state index contributed by atoms with van der Waals surface area (Å²) in [6.07, 6.45) is 12.4. The van der Waals surface area contributed by atoms with Gasteiger partial charge < -0.3 is 4.74 Å². The summed E-state index contributed by atoms with van der Waals surface area (Å²) in [7, 11) is 1.79. The maximum absolute atomic E-state index is 14.5. The van der Waals surface area contributed by atoms with Crippen molar-refractivity contribution in [3.05, 3.63) is 94.3 Å². The van der Waals surface area contributed by atoms with Crippen molar-refractivity contribution in [1.82, 2.24) is 4.90 Å². The molecule has 1 amide bonds. The summed E-state index contributed by atoms with van der Waals surface area (Å²) >= 11 is 0. The van der Waals surface area contributed by atoms with Gasteiger partial charge in [0.1, 0.15) is 11.4 Å². The molecule has 0 saturated carbocycles. The van der Waals surface area contributed by atoms with E-state index in [2.05, 4.69) is 63.0 Å². The van der Waals surface area contributed by atoms with Gasteiger partial charge in [0.05, 0.1) is 23.9 Å². The van der Waals surface area contributed by atoms with Crippen LogP contribution < -0.4 is 0 Å². The van der Waals surface area contributed by atoms with E-state index in [1.807, 2.05) is 41.3 Å². The van der Waals surface area contributed by atoms with Gasteiger partial charge >= 0.3 is 0 Å². The van der Waals surface area contributed by atoms with Crippen molar-refractivity contribution < 1.29 is 9.53 Å². The molecule has 4 rings (SSSR count). The number of amides is 1. The molecule has 0 radical (unpaired) electrons. The summed E-state index contributed by atoms with van der Waals surface area (Å²) in [6.45, 7) is 9.02. The van der Waals surface area contributed by atoms with Gasteiger partial charge in [0.25, 0.3) is 5.91 Å². The van der Waals surface area contributed by atoms with Crippen molar-refractivity contribution in [2.24, 2.45) is 4.99 Å². The second-order valence-corrected chi connectivity index (χ2v) is 11.9. The van der Waals surface area contributed by atoms with E-state index in [1.54, 1.807) is 7.05 Å². The van der Waals surface area contributed by atoms with Crippen LogP contribution in [0.1, 0.15) is 96.6 Å². The quantitative estimate of drug-likeness (QED) is 0.174. The van der Waals surface area contributed by atoms with Gasteiger partial charge in [-0.15, -0.1) is 0 Å². The molecule has 0 spiro atoms. The fourth-order valence-electron chi connectivity index (χ4n) is 5.99. The van der Waals surface area contributed by atoms with Gasteiger partial charge in [-0.1, -0.05) is 74.9 Å². The lowest BCUT2D eigenvalue weighted by Crippen LogP contribution is -2.38. The molecule has 220 valence electrons. The number of nitriles is 1. The molecule has 0 unspecified atom stereocenters. The van der Waals surface area contributed by atoms with Gasteiger partial charge in [0.15, 0.2) is 0 Å². The van der Waals surface area contributed by atoms with Crippen LogP contribution in [0.5, 0.6) is 0 Å².